The number of rotatable bonds is 4. The van der Waals surface area contributed by atoms with Crippen molar-refractivity contribution in [3.63, 3.8) is 0 Å². The van der Waals surface area contributed by atoms with Crippen molar-refractivity contribution in [2.75, 3.05) is 0 Å². The molecule has 3 heteroatoms. The molecule has 2 rings (SSSR count). The molecule has 21 heavy (non-hydrogen) atoms. The summed E-state index contributed by atoms with van der Waals surface area (Å²) in [4.78, 5) is 1.25. The van der Waals surface area contributed by atoms with Crippen LogP contribution in [0.2, 0.25) is 0 Å². The minimum absolute atomic E-state index is 0.0811. The van der Waals surface area contributed by atoms with Gasteiger partial charge in [0.25, 0.3) is 0 Å². The molecule has 0 aliphatic carbocycles. The van der Waals surface area contributed by atoms with Crippen molar-refractivity contribution >= 4 is 11.3 Å². The number of nitrogens with two attached hydrogens (primary N) is 1. The van der Waals surface area contributed by atoms with Gasteiger partial charge in [0.05, 0.1) is 6.07 Å². The molecular weight excluding hydrogens is 276 g/mol. The van der Waals surface area contributed by atoms with Gasteiger partial charge in [0.1, 0.15) is 0 Å². The molecule has 2 aromatic rings. The van der Waals surface area contributed by atoms with E-state index in [9.17, 15) is 5.26 Å². The summed E-state index contributed by atoms with van der Waals surface area (Å²) in [6.45, 7) is 3.73. The molecule has 1 atom stereocenters. The first-order valence-corrected chi connectivity index (χ1v) is 7.67. The summed E-state index contributed by atoms with van der Waals surface area (Å²) in [6, 6.07) is 14.7. The Hall–Kier alpha value is -2.31. The molecule has 1 aromatic heterocycles. The van der Waals surface area contributed by atoms with Crippen molar-refractivity contribution in [3.8, 4) is 16.5 Å². The summed E-state index contributed by atoms with van der Waals surface area (Å²) in [5.74, 6) is -0.0811. The van der Waals surface area contributed by atoms with Crippen molar-refractivity contribution in [2.45, 2.75) is 19.8 Å². The Morgan fingerprint density at radius 3 is 2.48 bits per heavy atom. The lowest BCUT2D eigenvalue weighted by Gasteiger charge is -2.13. The molecule has 2 N–H and O–H groups in total. The zero-order valence-electron chi connectivity index (χ0n) is 12.2. The first-order chi connectivity index (χ1) is 10.2. The molecule has 0 aliphatic heterocycles. The van der Waals surface area contributed by atoms with Crippen molar-refractivity contribution in [3.05, 3.63) is 70.8 Å². The summed E-state index contributed by atoms with van der Waals surface area (Å²) in [5.41, 5.74) is 9.52. The average molecular weight is 294 g/mol. The Kier molecular flexibility index (Phi) is 4.97. The molecule has 0 radical (unpaired) electrons. The van der Waals surface area contributed by atoms with E-state index in [-0.39, 0.29) is 5.92 Å². The van der Waals surface area contributed by atoms with Gasteiger partial charge in [-0.05, 0) is 36.4 Å². The SMILES string of the molecule is C/C=C(\C#N)C(/C=C(/C)N)c1ccc(-c2cccs2)cc1. The zero-order valence-corrected chi connectivity index (χ0v) is 13.0. The number of nitriles is 1. The third kappa shape index (κ3) is 3.62. The van der Waals surface area contributed by atoms with E-state index in [1.807, 2.05) is 32.1 Å². The van der Waals surface area contributed by atoms with Gasteiger partial charge < -0.3 is 5.73 Å². The third-order valence-electron chi connectivity index (χ3n) is 3.28. The Balaban J connectivity index is 2.38. The molecule has 0 bridgehead atoms. The first-order valence-electron chi connectivity index (χ1n) is 6.79. The second kappa shape index (κ2) is 6.92. The molecule has 0 saturated carbocycles. The maximum Gasteiger partial charge on any atom is 0.0953 e. The quantitative estimate of drug-likeness (QED) is 0.821. The van der Waals surface area contributed by atoms with Gasteiger partial charge in [0.15, 0.2) is 0 Å². The fourth-order valence-corrected chi connectivity index (χ4v) is 2.97. The van der Waals surface area contributed by atoms with Crippen LogP contribution in [0, 0.1) is 11.3 Å². The molecule has 1 unspecified atom stereocenters. The van der Waals surface area contributed by atoms with Gasteiger partial charge in [0, 0.05) is 22.1 Å². The molecule has 0 amide bonds. The van der Waals surface area contributed by atoms with E-state index < -0.39 is 0 Å². The van der Waals surface area contributed by atoms with Crippen LogP contribution in [-0.4, -0.2) is 0 Å². The number of hydrogen-bond donors (Lipinski definition) is 1. The highest BCUT2D eigenvalue weighted by Crippen LogP contribution is 2.30. The van der Waals surface area contributed by atoms with Crippen LogP contribution >= 0.6 is 11.3 Å². The first kappa shape index (κ1) is 15.1. The van der Waals surface area contributed by atoms with Crippen LogP contribution in [0.1, 0.15) is 25.3 Å². The molecule has 0 spiro atoms. The van der Waals surface area contributed by atoms with Crippen LogP contribution < -0.4 is 5.73 Å². The smallest absolute Gasteiger partial charge is 0.0953 e. The predicted molar refractivity (Wildman–Crippen MR) is 89.8 cm³/mol. The molecule has 2 nitrogen and oxygen atoms in total. The predicted octanol–water partition coefficient (Wildman–Crippen LogP) is 4.83. The highest BCUT2D eigenvalue weighted by Gasteiger charge is 2.14. The van der Waals surface area contributed by atoms with Crippen molar-refractivity contribution in [2.24, 2.45) is 5.73 Å². The molecule has 1 heterocycles. The minimum Gasteiger partial charge on any atom is -0.402 e. The van der Waals surface area contributed by atoms with Gasteiger partial charge in [-0.15, -0.1) is 11.3 Å². The van der Waals surface area contributed by atoms with E-state index in [2.05, 4.69) is 41.8 Å². The number of benzene rings is 1. The van der Waals surface area contributed by atoms with Crippen LogP contribution in [0.3, 0.4) is 0 Å². The summed E-state index contributed by atoms with van der Waals surface area (Å²) >= 11 is 1.72. The summed E-state index contributed by atoms with van der Waals surface area (Å²) < 4.78 is 0. The highest BCUT2D eigenvalue weighted by molar-refractivity contribution is 7.13. The largest absolute Gasteiger partial charge is 0.402 e. The van der Waals surface area contributed by atoms with E-state index in [0.717, 1.165) is 11.3 Å². The highest BCUT2D eigenvalue weighted by atomic mass is 32.1. The lowest BCUT2D eigenvalue weighted by Crippen LogP contribution is -2.02. The zero-order chi connectivity index (χ0) is 15.2. The maximum absolute atomic E-state index is 9.29. The molecule has 106 valence electrons. The van der Waals surface area contributed by atoms with Crippen LogP contribution in [0.15, 0.2) is 65.2 Å². The molecule has 1 aromatic carbocycles. The molecule has 0 aliphatic rings. The summed E-state index contributed by atoms with van der Waals surface area (Å²) in [5, 5.41) is 11.4. The van der Waals surface area contributed by atoms with Crippen molar-refractivity contribution < 1.29 is 0 Å². The van der Waals surface area contributed by atoms with Gasteiger partial charge in [-0.25, -0.2) is 0 Å². The topological polar surface area (TPSA) is 49.8 Å². The average Bonchev–Trinajstić information content (AvgIpc) is 3.01. The van der Waals surface area contributed by atoms with E-state index in [1.165, 1.54) is 10.4 Å². The normalized spacial score (nSPS) is 13.8. The van der Waals surface area contributed by atoms with Gasteiger partial charge in [-0.2, -0.15) is 5.26 Å². The second-order valence-electron chi connectivity index (χ2n) is 4.84. The Bertz CT molecular complexity index is 682. The Morgan fingerprint density at radius 2 is 2.00 bits per heavy atom. The summed E-state index contributed by atoms with van der Waals surface area (Å²) in [6.07, 6.45) is 3.77. The third-order valence-corrected chi connectivity index (χ3v) is 4.20. The van der Waals surface area contributed by atoms with Crippen LogP contribution in [0.5, 0.6) is 0 Å². The van der Waals surface area contributed by atoms with Crippen LogP contribution in [0.25, 0.3) is 10.4 Å². The second-order valence-corrected chi connectivity index (χ2v) is 5.79. The van der Waals surface area contributed by atoms with E-state index in [0.29, 0.717) is 5.57 Å². The minimum atomic E-state index is -0.0811. The molecule has 0 fully saturated rings. The number of allylic oxidation sites excluding steroid dienone is 4. The standard InChI is InChI=1S/C18H18N2S/c1-3-14(12-19)17(11-13(2)20)15-6-8-16(9-7-15)18-5-4-10-21-18/h3-11,17H,20H2,1-2H3/b13-11-,14-3+. The van der Waals surface area contributed by atoms with E-state index >= 15 is 0 Å². The van der Waals surface area contributed by atoms with Crippen molar-refractivity contribution in [1.29, 1.82) is 5.26 Å². The maximum atomic E-state index is 9.29. The fourth-order valence-electron chi connectivity index (χ4n) is 2.24. The lowest BCUT2D eigenvalue weighted by atomic mass is 9.90. The van der Waals surface area contributed by atoms with Gasteiger partial charge in [-0.3, -0.25) is 0 Å². The number of thiophene rings is 1. The summed E-state index contributed by atoms with van der Waals surface area (Å²) in [7, 11) is 0. The van der Waals surface area contributed by atoms with Gasteiger partial charge in [-0.1, -0.05) is 42.5 Å². The Morgan fingerprint density at radius 1 is 1.29 bits per heavy atom. The van der Waals surface area contributed by atoms with Gasteiger partial charge in [0.2, 0.25) is 0 Å². The number of nitrogens with zero attached hydrogens (tertiary/aromatic N) is 1. The van der Waals surface area contributed by atoms with Crippen LogP contribution in [-0.2, 0) is 0 Å². The van der Waals surface area contributed by atoms with Crippen molar-refractivity contribution in [1.82, 2.24) is 0 Å². The van der Waals surface area contributed by atoms with E-state index in [4.69, 9.17) is 5.73 Å². The monoisotopic (exact) mass is 294 g/mol. The number of hydrogen-bond acceptors (Lipinski definition) is 3. The van der Waals surface area contributed by atoms with Gasteiger partial charge >= 0.3 is 0 Å². The van der Waals surface area contributed by atoms with E-state index in [1.54, 1.807) is 11.3 Å². The molecular formula is C18H18N2S. The lowest BCUT2D eigenvalue weighted by molar-refractivity contribution is 1.00. The fraction of sp³-hybridized carbons (Fsp3) is 0.167. The Labute approximate surface area is 129 Å². The van der Waals surface area contributed by atoms with Crippen LogP contribution in [0.4, 0.5) is 0 Å². The molecule has 0 saturated heterocycles.